The number of aliphatic hydroxyl groups excluding tert-OH is 1. The Hall–Kier alpha value is -0.340. The molecule has 1 aliphatic rings. The van der Waals surface area contributed by atoms with Gasteiger partial charge in [0.2, 0.25) is 0 Å². The number of β-amino-alcohol motifs (C(OH)–C–C–N with tert-alkyl or cyclic N) is 1. The van der Waals surface area contributed by atoms with E-state index in [-0.39, 0.29) is 6.10 Å². The van der Waals surface area contributed by atoms with Gasteiger partial charge in [-0.2, -0.15) is 0 Å². The fourth-order valence-corrected chi connectivity index (χ4v) is 1.33. The number of nitrogens with one attached hydrogen (secondary N) is 1. The van der Waals surface area contributed by atoms with E-state index in [1.165, 1.54) is 5.57 Å². The van der Waals surface area contributed by atoms with Crippen LogP contribution in [-0.2, 0) is 0 Å². The lowest BCUT2D eigenvalue weighted by Gasteiger charge is -2.22. The van der Waals surface area contributed by atoms with Crippen LogP contribution in [0.1, 0.15) is 20.3 Å². The molecule has 0 fully saturated rings. The van der Waals surface area contributed by atoms with E-state index in [1.54, 1.807) is 0 Å². The molecule has 1 rings (SSSR count). The summed E-state index contributed by atoms with van der Waals surface area (Å²) < 4.78 is 0. The van der Waals surface area contributed by atoms with Crippen molar-refractivity contribution in [3.05, 3.63) is 11.6 Å². The zero-order valence-corrected chi connectivity index (χ0v) is 7.30. The fraction of sp³-hybridized carbons (Fsp3) is 0.778. The number of aliphatic hydroxyl groups is 1. The largest absolute Gasteiger partial charge is 0.388 e. The third kappa shape index (κ3) is 2.31. The Morgan fingerprint density at radius 2 is 2.55 bits per heavy atom. The lowest BCUT2D eigenvalue weighted by atomic mass is 9.95. The highest BCUT2D eigenvalue weighted by atomic mass is 16.3. The van der Waals surface area contributed by atoms with Crippen LogP contribution in [0.2, 0.25) is 0 Å². The van der Waals surface area contributed by atoms with Gasteiger partial charge in [-0.15, -0.1) is 0 Å². The van der Waals surface area contributed by atoms with Crippen LogP contribution in [0.4, 0.5) is 0 Å². The SMILES string of the molecule is CCC(C)C1=CC(O)CNC1. The minimum atomic E-state index is -0.271. The number of rotatable bonds is 2. The Bertz CT molecular complexity index is 154. The molecular formula is C9H17NO. The van der Waals surface area contributed by atoms with E-state index in [0.717, 1.165) is 13.0 Å². The monoisotopic (exact) mass is 155 g/mol. The van der Waals surface area contributed by atoms with Gasteiger partial charge in [0.25, 0.3) is 0 Å². The van der Waals surface area contributed by atoms with Gasteiger partial charge in [-0.25, -0.2) is 0 Å². The summed E-state index contributed by atoms with van der Waals surface area (Å²) in [5.74, 6) is 0.609. The maximum absolute atomic E-state index is 9.29. The standard InChI is InChI=1S/C9H17NO/c1-3-7(2)8-4-9(11)6-10-5-8/h4,7,9-11H,3,5-6H2,1-2H3. The number of hydrogen-bond donors (Lipinski definition) is 2. The average Bonchev–Trinajstić information content (AvgIpc) is 2.03. The zero-order valence-electron chi connectivity index (χ0n) is 7.30. The van der Waals surface area contributed by atoms with Gasteiger partial charge in [0.15, 0.2) is 0 Å². The van der Waals surface area contributed by atoms with Gasteiger partial charge in [0.1, 0.15) is 0 Å². The first-order valence-corrected chi connectivity index (χ1v) is 4.33. The van der Waals surface area contributed by atoms with Gasteiger partial charge in [-0.1, -0.05) is 25.5 Å². The smallest absolute Gasteiger partial charge is 0.0848 e. The summed E-state index contributed by atoms with van der Waals surface area (Å²) in [5.41, 5.74) is 1.35. The van der Waals surface area contributed by atoms with Crippen molar-refractivity contribution in [3.8, 4) is 0 Å². The highest BCUT2D eigenvalue weighted by Crippen LogP contribution is 2.15. The molecule has 0 spiro atoms. The summed E-state index contributed by atoms with van der Waals surface area (Å²) in [6.45, 7) is 6.03. The molecule has 2 nitrogen and oxygen atoms in total. The third-order valence-corrected chi connectivity index (χ3v) is 2.33. The minimum Gasteiger partial charge on any atom is -0.388 e. The van der Waals surface area contributed by atoms with Crippen LogP contribution in [-0.4, -0.2) is 24.3 Å². The zero-order chi connectivity index (χ0) is 8.27. The highest BCUT2D eigenvalue weighted by molar-refractivity contribution is 5.13. The van der Waals surface area contributed by atoms with Gasteiger partial charge >= 0.3 is 0 Å². The summed E-state index contributed by atoms with van der Waals surface area (Å²) in [6, 6.07) is 0. The Kier molecular flexibility index (Phi) is 3.09. The lowest BCUT2D eigenvalue weighted by molar-refractivity contribution is 0.210. The molecule has 2 heteroatoms. The summed E-state index contributed by atoms with van der Waals surface area (Å²) >= 11 is 0. The van der Waals surface area contributed by atoms with Crippen LogP contribution >= 0.6 is 0 Å². The Morgan fingerprint density at radius 3 is 3.09 bits per heavy atom. The molecule has 11 heavy (non-hydrogen) atoms. The number of hydrogen-bond acceptors (Lipinski definition) is 2. The second-order valence-corrected chi connectivity index (χ2v) is 3.25. The predicted octanol–water partition coefficient (Wildman–Crippen LogP) is 0.923. The first kappa shape index (κ1) is 8.75. The minimum absolute atomic E-state index is 0.271. The first-order chi connectivity index (χ1) is 5.24. The fourth-order valence-electron chi connectivity index (χ4n) is 1.33. The van der Waals surface area contributed by atoms with Crippen LogP contribution < -0.4 is 5.32 Å². The maximum atomic E-state index is 9.29. The van der Waals surface area contributed by atoms with Gasteiger partial charge in [0.05, 0.1) is 6.10 Å². The summed E-state index contributed by atoms with van der Waals surface area (Å²) in [5, 5.41) is 12.5. The first-order valence-electron chi connectivity index (χ1n) is 4.33. The molecule has 2 N–H and O–H groups in total. The topological polar surface area (TPSA) is 32.3 Å². The molecule has 1 aliphatic heterocycles. The van der Waals surface area contributed by atoms with Crippen LogP contribution in [0.15, 0.2) is 11.6 Å². The van der Waals surface area contributed by atoms with Crippen LogP contribution in [0.3, 0.4) is 0 Å². The molecule has 0 amide bonds. The van der Waals surface area contributed by atoms with Crippen molar-refractivity contribution in [2.24, 2.45) is 5.92 Å². The van der Waals surface area contributed by atoms with Crippen LogP contribution in [0.25, 0.3) is 0 Å². The van der Waals surface area contributed by atoms with Crippen LogP contribution in [0.5, 0.6) is 0 Å². The van der Waals surface area contributed by atoms with E-state index in [1.807, 2.05) is 6.08 Å². The molecule has 0 saturated carbocycles. The van der Waals surface area contributed by atoms with Crippen molar-refractivity contribution < 1.29 is 5.11 Å². The molecule has 0 bridgehead atoms. The molecule has 0 aliphatic carbocycles. The van der Waals surface area contributed by atoms with Crippen molar-refractivity contribution in [1.82, 2.24) is 5.32 Å². The van der Waals surface area contributed by atoms with E-state index in [9.17, 15) is 5.11 Å². The second-order valence-electron chi connectivity index (χ2n) is 3.25. The molecule has 0 aromatic rings. The Morgan fingerprint density at radius 1 is 1.82 bits per heavy atom. The van der Waals surface area contributed by atoms with E-state index in [2.05, 4.69) is 19.2 Å². The predicted molar refractivity (Wildman–Crippen MR) is 46.4 cm³/mol. The normalized spacial score (nSPS) is 27.9. The van der Waals surface area contributed by atoms with Gasteiger partial charge in [-0.3, -0.25) is 0 Å². The quantitative estimate of drug-likeness (QED) is 0.581. The molecule has 64 valence electrons. The average molecular weight is 155 g/mol. The molecule has 2 atom stereocenters. The summed E-state index contributed by atoms with van der Waals surface area (Å²) in [4.78, 5) is 0. The summed E-state index contributed by atoms with van der Waals surface area (Å²) in [7, 11) is 0. The molecule has 0 aromatic heterocycles. The molecule has 0 radical (unpaired) electrons. The van der Waals surface area contributed by atoms with Gasteiger partial charge in [-0.05, 0) is 12.3 Å². The van der Waals surface area contributed by atoms with E-state index < -0.39 is 0 Å². The molecule has 0 aromatic carbocycles. The third-order valence-electron chi connectivity index (χ3n) is 2.33. The van der Waals surface area contributed by atoms with Crippen molar-refractivity contribution >= 4 is 0 Å². The van der Waals surface area contributed by atoms with Crippen molar-refractivity contribution in [1.29, 1.82) is 0 Å². The summed E-state index contributed by atoms with van der Waals surface area (Å²) in [6.07, 6.45) is 2.87. The van der Waals surface area contributed by atoms with E-state index in [0.29, 0.717) is 12.5 Å². The molecule has 2 unspecified atom stereocenters. The van der Waals surface area contributed by atoms with Gasteiger partial charge < -0.3 is 10.4 Å². The van der Waals surface area contributed by atoms with Crippen molar-refractivity contribution in [2.45, 2.75) is 26.4 Å². The Balaban J connectivity index is 2.55. The maximum Gasteiger partial charge on any atom is 0.0848 e. The van der Waals surface area contributed by atoms with E-state index in [4.69, 9.17) is 0 Å². The molecular weight excluding hydrogens is 138 g/mol. The van der Waals surface area contributed by atoms with Crippen LogP contribution in [0, 0.1) is 5.92 Å². The van der Waals surface area contributed by atoms with Crippen molar-refractivity contribution in [3.63, 3.8) is 0 Å². The van der Waals surface area contributed by atoms with Crippen molar-refractivity contribution in [2.75, 3.05) is 13.1 Å². The van der Waals surface area contributed by atoms with E-state index >= 15 is 0 Å². The molecule has 0 saturated heterocycles. The highest BCUT2D eigenvalue weighted by Gasteiger charge is 2.13. The van der Waals surface area contributed by atoms with Gasteiger partial charge in [0, 0.05) is 13.1 Å². The second kappa shape index (κ2) is 3.88. The lowest BCUT2D eigenvalue weighted by Crippen LogP contribution is -2.33. The Labute approximate surface area is 68.3 Å². The molecule has 1 heterocycles.